The van der Waals surface area contributed by atoms with Crippen molar-refractivity contribution in [2.45, 2.75) is 49.1 Å². The van der Waals surface area contributed by atoms with Gasteiger partial charge in [0.2, 0.25) is 6.54 Å². The van der Waals surface area contributed by atoms with Crippen molar-refractivity contribution in [1.82, 2.24) is 0 Å². The van der Waals surface area contributed by atoms with Crippen molar-refractivity contribution in [3.05, 3.63) is 75.8 Å². The molecule has 1 saturated heterocycles. The average molecular weight is 450 g/mol. The normalized spacial score (nSPS) is 26.5. The second-order valence-electron chi connectivity index (χ2n) is 7.71. The van der Waals surface area contributed by atoms with E-state index in [0.717, 1.165) is 11.1 Å². The van der Waals surface area contributed by atoms with Gasteiger partial charge in [0, 0.05) is 12.0 Å². The van der Waals surface area contributed by atoms with Gasteiger partial charge >= 0.3 is 0 Å². The predicted molar refractivity (Wildman–Crippen MR) is 114 cm³/mol. The van der Waals surface area contributed by atoms with Crippen LogP contribution in [0.1, 0.15) is 18.1 Å². The van der Waals surface area contributed by atoms with E-state index in [-0.39, 0.29) is 11.5 Å². The first kappa shape index (κ1) is 23.3. The van der Waals surface area contributed by atoms with Gasteiger partial charge in [-0.05, 0) is 31.5 Å². The Morgan fingerprint density at radius 2 is 1.74 bits per heavy atom. The first-order chi connectivity index (χ1) is 14.7. The Balaban J connectivity index is 1.97. The average Bonchev–Trinajstić information content (AvgIpc) is 2.73. The number of nitro groups is 1. The summed E-state index contributed by atoms with van der Waals surface area (Å²) in [6.45, 7) is 3.02. The highest BCUT2D eigenvalue weighted by molar-refractivity contribution is 7.92. The molecule has 2 aromatic rings. The standard InChI is InChI=1S/C22H27NO7S/c1-15-9-11-18(12-10-15)31(26,27)21-16(2)30-22(28-3)20(19(21)13-23(24)25)29-14-17-7-5-4-6-8-17/h4-12,16,19-22H,13-14H2,1-3H3/t16-,19-,20-,21-,22+/m1/s1. The maximum atomic E-state index is 13.5. The fourth-order valence-electron chi connectivity index (χ4n) is 4.01. The predicted octanol–water partition coefficient (Wildman–Crippen LogP) is 3.01. The molecular formula is C22H27NO7S. The molecule has 9 heteroatoms. The molecular weight excluding hydrogens is 422 g/mol. The van der Waals surface area contributed by atoms with Gasteiger partial charge in [0.05, 0.1) is 23.5 Å². The van der Waals surface area contributed by atoms with Gasteiger partial charge in [-0.25, -0.2) is 8.42 Å². The van der Waals surface area contributed by atoms with Crippen LogP contribution in [-0.4, -0.2) is 50.7 Å². The van der Waals surface area contributed by atoms with Gasteiger partial charge in [-0.1, -0.05) is 48.0 Å². The number of sulfone groups is 1. The van der Waals surface area contributed by atoms with Gasteiger partial charge in [-0.2, -0.15) is 0 Å². The number of hydrogen-bond donors (Lipinski definition) is 0. The van der Waals surface area contributed by atoms with Gasteiger partial charge in [0.25, 0.3) is 0 Å². The van der Waals surface area contributed by atoms with Crippen LogP contribution in [0.4, 0.5) is 0 Å². The molecule has 0 N–H and O–H groups in total. The molecule has 3 rings (SSSR count). The molecule has 168 valence electrons. The van der Waals surface area contributed by atoms with E-state index in [1.54, 1.807) is 19.1 Å². The highest BCUT2D eigenvalue weighted by Crippen LogP contribution is 2.36. The molecule has 0 amide bonds. The molecule has 0 radical (unpaired) electrons. The van der Waals surface area contributed by atoms with Gasteiger partial charge in [-0.3, -0.25) is 10.1 Å². The number of rotatable bonds is 8. The zero-order valence-corrected chi connectivity index (χ0v) is 18.5. The topological polar surface area (TPSA) is 105 Å². The minimum absolute atomic E-state index is 0.101. The molecule has 0 spiro atoms. The lowest BCUT2D eigenvalue weighted by atomic mass is 9.91. The molecule has 1 aliphatic heterocycles. The third-order valence-corrected chi connectivity index (χ3v) is 7.89. The Morgan fingerprint density at radius 1 is 1.10 bits per heavy atom. The minimum Gasteiger partial charge on any atom is -0.368 e. The number of nitrogens with zero attached hydrogens (tertiary/aromatic N) is 1. The van der Waals surface area contributed by atoms with Crippen LogP contribution in [0.2, 0.25) is 0 Å². The zero-order chi connectivity index (χ0) is 22.6. The van der Waals surface area contributed by atoms with Crippen LogP contribution in [0.3, 0.4) is 0 Å². The van der Waals surface area contributed by atoms with Crippen LogP contribution in [0, 0.1) is 23.0 Å². The summed E-state index contributed by atoms with van der Waals surface area (Å²) in [6, 6.07) is 15.7. The quantitative estimate of drug-likeness (QED) is 0.451. The van der Waals surface area contributed by atoms with E-state index in [1.807, 2.05) is 37.3 Å². The molecule has 0 unspecified atom stereocenters. The second-order valence-corrected chi connectivity index (χ2v) is 9.81. The molecule has 0 saturated carbocycles. The third kappa shape index (κ3) is 5.30. The lowest BCUT2D eigenvalue weighted by Gasteiger charge is -2.43. The van der Waals surface area contributed by atoms with E-state index in [9.17, 15) is 18.5 Å². The number of aryl methyl sites for hydroxylation is 1. The molecule has 31 heavy (non-hydrogen) atoms. The summed E-state index contributed by atoms with van der Waals surface area (Å²) in [7, 11) is -2.52. The van der Waals surface area contributed by atoms with E-state index in [0.29, 0.717) is 0 Å². The van der Waals surface area contributed by atoms with E-state index < -0.39 is 51.0 Å². The van der Waals surface area contributed by atoms with Crippen molar-refractivity contribution in [3.8, 4) is 0 Å². The summed E-state index contributed by atoms with van der Waals surface area (Å²) >= 11 is 0. The summed E-state index contributed by atoms with van der Waals surface area (Å²) in [5, 5.41) is 10.4. The van der Waals surface area contributed by atoms with Gasteiger partial charge in [-0.15, -0.1) is 0 Å². The monoisotopic (exact) mass is 449 g/mol. The number of hydrogen-bond acceptors (Lipinski definition) is 7. The van der Waals surface area contributed by atoms with E-state index >= 15 is 0 Å². The van der Waals surface area contributed by atoms with Crippen molar-refractivity contribution in [3.63, 3.8) is 0 Å². The van der Waals surface area contributed by atoms with Crippen LogP contribution in [-0.2, 0) is 30.7 Å². The van der Waals surface area contributed by atoms with Crippen molar-refractivity contribution in [2.75, 3.05) is 13.7 Å². The molecule has 2 aromatic carbocycles. The second kappa shape index (κ2) is 9.86. The maximum Gasteiger partial charge on any atom is 0.210 e. The van der Waals surface area contributed by atoms with Crippen molar-refractivity contribution in [2.24, 2.45) is 5.92 Å². The summed E-state index contributed by atoms with van der Waals surface area (Å²) in [6.07, 6.45) is -2.68. The molecule has 0 bridgehead atoms. The summed E-state index contributed by atoms with van der Waals surface area (Å²) in [4.78, 5) is 11.1. The van der Waals surface area contributed by atoms with Crippen LogP contribution in [0.15, 0.2) is 59.5 Å². The fraction of sp³-hybridized carbons (Fsp3) is 0.455. The first-order valence-corrected chi connectivity index (χ1v) is 11.5. The van der Waals surface area contributed by atoms with Gasteiger partial charge in [0.15, 0.2) is 16.1 Å². The zero-order valence-electron chi connectivity index (χ0n) is 17.7. The first-order valence-electron chi connectivity index (χ1n) is 10.00. The highest BCUT2D eigenvalue weighted by atomic mass is 32.2. The Hall–Kier alpha value is -2.33. The van der Waals surface area contributed by atoms with Crippen molar-refractivity contribution in [1.29, 1.82) is 0 Å². The maximum absolute atomic E-state index is 13.5. The smallest absolute Gasteiger partial charge is 0.210 e. The minimum atomic E-state index is -3.94. The SMILES string of the molecule is CO[C@H]1O[C@H](C)[C@@H](S(=O)(=O)c2ccc(C)cc2)[C@H](C[N+](=O)[O-])[C@H]1OCc1ccccc1. The fourth-order valence-corrected chi connectivity index (χ4v) is 6.11. The van der Waals surface area contributed by atoms with E-state index in [1.165, 1.54) is 19.2 Å². The molecule has 0 aliphatic carbocycles. The molecule has 1 heterocycles. The number of benzene rings is 2. The molecule has 1 fully saturated rings. The Labute approximate surface area is 182 Å². The van der Waals surface area contributed by atoms with Crippen LogP contribution in [0.5, 0.6) is 0 Å². The molecule has 5 atom stereocenters. The van der Waals surface area contributed by atoms with Gasteiger partial charge < -0.3 is 14.2 Å². The van der Waals surface area contributed by atoms with Crippen molar-refractivity contribution < 1.29 is 27.6 Å². The summed E-state index contributed by atoms with van der Waals surface area (Å²) in [5.41, 5.74) is 1.77. The van der Waals surface area contributed by atoms with Crippen LogP contribution >= 0.6 is 0 Å². The lowest BCUT2D eigenvalue weighted by molar-refractivity contribution is -0.495. The summed E-state index contributed by atoms with van der Waals surface area (Å²) < 4.78 is 44.3. The lowest BCUT2D eigenvalue weighted by Crippen LogP contribution is -2.59. The molecule has 0 aromatic heterocycles. The van der Waals surface area contributed by atoms with Crippen LogP contribution < -0.4 is 0 Å². The van der Waals surface area contributed by atoms with Crippen molar-refractivity contribution >= 4 is 9.84 Å². The van der Waals surface area contributed by atoms with E-state index in [2.05, 4.69) is 0 Å². The summed E-state index contributed by atoms with van der Waals surface area (Å²) in [5.74, 6) is -0.960. The molecule has 8 nitrogen and oxygen atoms in total. The van der Waals surface area contributed by atoms with E-state index in [4.69, 9.17) is 14.2 Å². The largest absolute Gasteiger partial charge is 0.368 e. The Morgan fingerprint density at radius 3 is 2.32 bits per heavy atom. The molecule has 1 aliphatic rings. The highest BCUT2D eigenvalue weighted by Gasteiger charge is 2.53. The number of methoxy groups -OCH3 is 1. The number of ether oxygens (including phenoxy) is 3. The van der Waals surface area contributed by atoms with Gasteiger partial charge in [0.1, 0.15) is 11.4 Å². The Kier molecular flexibility index (Phi) is 7.42. The Bertz CT molecular complexity index is 979. The third-order valence-electron chi connectivity index (χ3n) is 5.51. The van der Waals surface area contributed by atoms with Crippen LogP contribution in [0.25, 0.3) is 0 Å².